The van der Waals surface area contributed by atoms with Crippen molar-refractivity contribution in [3.8, 4) is 17.2 Å². The molecule has 0 bridgehead atoms. The van der Waals surface area contributed by atoms with E-state index in [0.717, 1.165) is 11.1 Å². The first-order chi connectivity index (χ1) is 16.6. The Morgan fingerprint density at radius 1 is 1.31 bits per heavy atom. The van der Waals surface area contributed by atoms with E-state index >= 15 is 0 Å². The van der Waals surface area contributed by atoms with Crippen LogP contribution in [-0.2, 0) is 4.79 Å². The van der Waals surface area contributed by atoms with Gasteiger partial charge >= 0.3 is 0 Å². The molecule has 1 amide bonds. The van der Waals surface area contributed by atoms with E-state index < -0.39 is 41.2 Å². The first-order valence-corrected chi connectivity index (χ1v) is 11.9. The molecule has 1 saturated carbocycles. The zero-order valence-corrected chi connectivity index (χ0v) is 20.1. The average molecular weight is 481 g/mol. The number of allylic oxidation sites excluding steroid dienone is 1. The van der Waals surface area contributed by atoms with Crippen LogP contribution in [0.2, 0.25) is 0 Å². The minimum absolute atomic E-state index is 0.0770. The quantitative estimate of drug-likeness (QED) is 0.509. The van der Waals surface area contributed by atoms with Crippen molar-refractivity contribution in [2.45, 2.75) is 57.5 Å². The molecule has 5 atom stereocenters. The zero-order valence-electron chi connectivity index (χ0n) is 20.1. The van der Waals surface area contributed by atoms with Gasteiger partial charge in [0.1, 0.15) is 5.54 Å². The van der Waals surface area contributed by atoms with Gasteiger partial charge in [0, 0.05) is 41.1 Å². The number of amides is 1. The SMILES string of the molecule is CCC(/C=C\c1ccc(-c2ccccc2C#N)cn1)[C@]12CC(C)C(F)(F)CC1(NO)C(=O)NC2C. The third kappa shape index (κ3) is 3.83. The number of hydrogen-bond donors (Lipinski definition) is 3. The molecule has 2 aliphatic rings. The number of aromatic nitrogens is 1. The molecule has 2 heterocycles. The van der Waals surface area contributed by atoms with Crippen LogP contribution < -0.4 is 10.8 Å². The van der Waals surface area contributed by atoms with Crippen molar-refractivity contribution >= 4 is 12.0 Å². The van der Waals surface area contributed by atoms with E-state index in [2.05, 4.69) is 21.9 Å². The Hall–Kier alpha value is -3.15. The first-order valence-electron chi connectivity index (χ1n) is 11.9. The maximum absolute atomic E-state index is 14.8. The van der Waals surface area contributed by atoms with Gasteiger partial charge in [-0.25, -0.2) is 8.78 Å². The summed E-state index contributed by atoms with van der Waals surface area (Å²) in [6.45, 7) is 5.28. The molecule has 1 aromatic carbocycles. The lowest BCUT2D eigenvalue weighted by Gasteiger charge is -2.55. The number of nitriles is 1. The lowest BCUT2D eigenvalue weighted by Crippen LogP contribution is -2.69. The second-order valence-electron chi connectivity index (χ2n) is 9.80. The first kappa shape index (κ1) is 25.0. The molecule has 35 heavy (non-hydrogen) atoms. The number of hydroxylamine groups is 1. The molecule has 1 aromatic heterocycles. The molecular formula is C27H30F2N4O2. The van der Waals surface area contributed by atoms with Crippen molar-refractivity contribution in [3.63, 3.8) is 0 Å². The molecule has 2 aromatic rings. The highest BCUT2D eigenvalue weighted by Crippen LogP contribution is 2.61. The molecule has 8 heteroatoms. The second kappa shape index (κ2) is 9.14. The van der Waals surface area contributed by atoms with Crippen molar-refractivity contribution in [2.24, 2.45) is 17.3 Å². The minimum Gasteiger partial charge on any atom is -0.351 e. The van der Waals surface area contributed by atoms with Crippen LogP contribution in [0.15, 0.2) is 48.7 Å². The predicted molar refractivity (Wildman–Crippen MR) is 128 cm³/mol. The number of hydrogen-bond acceptors (Lipinski definition) is 5. The Kier molecular flexibility index (Phi) is 6.52. The highest BCUT2D eigenvalue weighted by atomic mass is 19.3. The van der Waals surface area contributed by atoms with Gasteiger partial charge in [0.25, 0.3) is 5.92 Å². The Morgan fingerprint density at radius 3 is 2.69 bits per heavy atom. The van der Waals surface area contributed by atoms with Gasteiger partial charge in [-0.2, -0.15) is 10.7 Å². The third-order valence-corrected chi connectivity index (χ3v) is 8.10. The number of carbonyl (C=O) groups is 1. The number of fused-ring (bicyclic) bond motifs is 1. The number of halogens is 2. The Labute approximate surface area is 204 Å². The molecule has 4 unspecified atom stereocenters. The summed E-state index contributed by atoms with van der Waals surface area (Å²) < 4.78 is 29.6. The van der Waals surface area contributed by atoms with Gasteiger partial charge < -0.3 is 10.5 Å². The van der Waals surface area contributed by atoms with E-state index in [9.17, 15) is 24.0 Å². The highest BCUT2D eigenvalue weighted by molar-refractivity contribution is 5.91. The van der Waals surface area contributed by atoms with Crippen molar-refractivity contribution in [3.05, 3.63) is 59.9 Å². The fourth-order valence-electron chi connectivity index (χ4n) is 6.17. The van der Waals surface area contributed by atoms with E-state index in [1.807, 2.05) is 56.3 Å². The summed E-state index contributed by atoms with van der Waals surface area (Å²) in [5, 5.41) is 22.3. The number of pyridine rings is 1. The lowest BCUT2D eigenvalue weighted by molar-refractivity contribution is -0.187. The largest absolute Gasteiger partial charge is 0.351 e. The van der Waals surface area contributed by atoms with Gasteiger partial charge in [0.15, 0.2) is 0 Å². The van der Waals surface area contributed by atoms with E-state index in [4.69, 9.17) is 0 Å². The molecule has 3 N–H and O–H groups in total. The smallest absolute Gasteiger partial charge is 0.253 e. The number of benzene rings is 1. The Balaban J connectivity index is 1.68. The molecule has 184 valence electrons. The summed E-state index contributed by atoms with van der Waals surface area (Å²) in [4.78, 5) is 17.5. The molecule has 4 rings (SSSR count). The standard InChI is InChI=1S/C27H30F2N4O2/c1-4-21(10-12-22-11-9-20(15-31-22)23-8-6-5-7-19(23)14-30)25-13-17(2)27(28,29)16-26(25,33-35)24(34)32-18(25)3/h5-12,15,17-18,21,33,35H,4,13,16H2,1-3H3,(H,32,34)/b12-10-/t17?,18?,21?,25-,26?/m1/s1. The predicted octanol–water partition coefficient (Wildman–Crippen LogP) is 4.95. The van der Waals surface area contributed by atoms with Gasteiger partial charge in [-0.15, -0.1) is 0 Å². The Morgan fingerprint density at radius 2 is 2.06 bits per heavy atom. The maximum Gasteiger partial charge on any atom is 0.253 e. The van der Waals surface area contributed by atoms with Crippen molar-refractivity contribution in [1.29, 1.82) is 5.26 Å². The topological polar surface area (TPSA) is 98.0 Å². The molecule has 0 radical (unpaired) electrons. The van der Waals surface area contributed by atoms with E-state index in [1.54, 1.807) is 12.3 Å². The molecule has 1 aliphatic heterocycles. The molecule has 1 aliphatic carbocycles. The van der Waals surface area contributed by atoms with Crippen LogP contribution >= 0.6 is 0 Å². The monoisotopic (exact) mass is 480 g/mol. The van der Waals surface area contributed by atoms with Gasteiger partial charge in [-0.05, 0) is 43.9 Å². The summed E-state index contributed by atoms with van der Waals surface area (Å²) in [5.74, 6) is -4.90. The van der Waals surface area contributed by atoms with Gasteiger partial charge in [0.05, 0.1) is 17.3 Å². The van der Waals surface area contributed by atoms with Crippen LogP contribution in [0.25, 0.3) is 17.2 Å². The fraction of sp³-hybridized carbons (Fsp3) is 0.444. The van der Waals surface area contributed by atoms with Crippen LogP contribution in [0.5, 0.6) is 0 Å². The summed E-state index contributed by atoms with van der Waals surface area (Å²) >= 11 is 0. The number of alkyl halides is 2. The Bertz CT molecular complexity index is 1180. The number of rotatable bonds is 6. The van der Waals surface area contributed by atoms with Crippen LogP contribution in [-0.4, -0.2) is 33.6 Å². The lowest BCUT2D eigenvalue weighted by atomic mass is 9.51. The van der Waals surface area contributed by atoms with Crippen molar-refractivity contribution < 1.29 is 18.8 Å². The molecular weight excluding hydrogens is 450 g/mol. The van der Waals surface area contributed by atoms with E-state index in [-0.39, 0.29) is 12.3 Å². The normalized spacial score (nSPS) is 30.5. The summed E-state index contributed by atoms with van der Waals surface area (Å²) in [7, 11) is 0. The van der Waals surface area contributed by atoms with Crippen LogP contribution in [0.3, 0.4) is 0 Å². The van der Waals surface area contributed by atoms with Crippen LogP contribution in [0.4, 0.5) is 8.78 Å². The molecule has 0 spiro atoms. The van der Waals surface area contributed by atoms with Gasteiger partial charge in [0.2, 0.25) is 5.91 Å². The summed E-state index contributed by atoms with van der Waals surface area (Å²) in [6, 6.07) is 12.8. The second-order valence-corrected chi connectivity index (χ2v) is 9.80. The molecule has 1 saturated heterocycles. The van der Waals surface area contributed by atoms with Crippen molar-refractivity contribution in [2.75, 3.05) is 0 Å². The zero-order chi connectivity index (χ0) is 25.4. The van der Waals surface area contributed by atoms with Crippen LogP contribution in [0, 0.1) is 28.6 Å². The minimum atomic E-state index is -3.08. The number of nitrogens with one attached hydrogen (secondary N) is 2. The highest BCUT2D eigenvalue weighted by Gasteiger charge is 2.73. The number of nitrogens with zero attached hydrogens (tertiary/aromatic N) is 2. The fourth-order valence-corrected chi connectivity index (χ4v) is 6.17. The van der Waals surface area contributed by atoms with Gasteiger partial charge in [-0.1, -0.05) is 44.2 Å². The molecule has 2 fully saturated rings. The molecule has 6 nitrogen and oxygen atoms in total. The van der Waals surface area contributed by atoms with E-state index in [0.29, 0.717) is 17.7 Å². The average Bonchev–Trinajstić information content (AvgIpc) is 3.06. The maximum atomic E-state index is 14.8. The summed E-state index contributed by atoms with van der Waals surface area (Å²) in [5.41, 5.74) is 2.16. The van der Waals surface area contributed by atoms with Crippen LogP contribution in [0.1, 0.15) is 51.3 Å². The summed E-state index contributed by atoms with van der Waals surface area (Å²) in [6.07, 6.45) is 5.35. The third-order valence-electron chi connectivity index (χ3n) is 8.10. The van der Waals surface area contributed by atoms with E-state index in [1.165, 1.54) is 6.92 Å². The van der Waals surface area contributed by atoms with Gasteiger partial charge in [-0.3, -0.25) is 9.78 Å². The van der Waals surface area contributed by atoms with Crippen molar-refractivity contribution in [1.82, 2.24) is 15.8 Å². The number of carbonyl (C=O) groups excluding carboxylic acids is 1.